The molecule has 1 aliphatic rings. The summed E-state index contributed by atoms with van der Waals surface area (Å²) in [5.41, 5.74) is 0. The van der Waals surface area contributed by atoms with Crippen molar-refractivity contribution in [3.63, 3.8) is 0 Å². The molecule has 1 saturated heterocycles. The average molecular weight is 201 g/mol. The van der Waals surface area contributed by atoms with E-state index in [0.717, 1.165) is 19.4 Å². The van der Waals surface area contributed by atoms with Crippen LogP contribution in [0.2, 0.25) is 0 Å². The van der Waals surface area contributed by atoms with Crippen LogP contribution in [0, 0.1) is 5.92 Å². The van der Waals surface area contributed by atoms with E-state index in [1.807, 2.05) is 13.8 Å². The lowest BCUT2D eigenvalue weighted by Gasteiger charge is -2.29. The summed E-state index contributed by atoms with van der Waals surface area (Å²) in [6.45, 7) is 7.73. The van der Waals surface area contributed by atoms with Gasteiger partial charge in [-0.05, 0) is 25.7 Å². The number of ether oxygens (including phenoxy) is 1. The molecule has 3 nitrogen and oxygen atoms in total. The molecule has 14 heavy (non-hydrogen) atoms. The first-order chi connectivity index (χ1) is 6.59. The molecule has 3 unspecified atom stereocenters. The van der Waals surface area contributed by atoms with Crippen molar-refractivity contribution < 1.29 is 9.84 Å². The van der Waals surface area contributed by atoms with Crippen molar-refractivity contribution in [1.82, 2.24) is 5.32 Å². The average Bonchev–Trinajstić information content (AvgIpc) is 2.14. The second-order valence-electron chi connectivity index (χ2n) is 4.62. The van der Waals surface area contributed by atoms with Gasteiger partial charge in [0.05, 0.1) is 12.2 Å². The lowest BCUT2D eigenvalue weighted by Crippen LogP contribution is -2.42. The highest BCUT2D eigenvalue weighted by atomic mass is 16.5. The molecule has 1 fully saturated rings. The minimum atomic E-state index is -0.229. The van der Waals surface area contributed by atoms with Gasteiger partial charge in [0.25, 0.3) is 0 Å². The minimum absolute atomic E-state index is 0.229. The van der Waals surface area contributed by atoms with Crippen molar-refractivity contribution in [3.8, 4) is 0 Å². The molecule has 0 radical (unpaired) electrons. The highest BCUT2D eigenvalue weighted by Gasteiger charge is 2.20. The Kier molecular flexibility index (Phi) is 4.85. The fraction of sp³-hybridized carbons (Fsp3) is 1.00. The third-order valence-electron chi connectivity index (χ3n) is 2.87. The number of hydrogen-bond acceptors (Lipinski definition) is 3. The number of aliphatic hydroxyl groups excluding tert-OH is 1. The van der Waals surface area contributed by atoms with Gasteiger partial charge in [0.1, 0.15) is 0 Å². The van der Waals surface area contributed by atoms with Gasteiger partial charge in [-0.15, -0.1) is 0 Å². The SMILES string of the molecule is CC1CC(NCC(O)C(C)C)CCO1. The smallest absolute Gasteiger partial charge is 0.0687 e. The van der Waals surface area contributed by atoms with Crippen LogP contribution >= 0.6 is 0 Å². The molecule has 0 aliphatic carbocycles. The fourth-order valence-electron chi connectivity index (χ4n) is 1.71. The molecule has 0 aromatic carbocycles. The van der Waals surface area contributed by atoms with Crippen LogP contribution in [0.4, 0.5) is 0 Å². The maximum absolute atomic E-state index is 9.63. The quantitative estimate of drug-likeness (QED) is 0.717. The molecule has 0 amide bonds. The summed E-state index contributed by atoms with van der Waals surface area (Å²) in [5.74, 6) is 0.333. The Bertz CT molecular complexity index is 161. The maximum atomic E-state index is 9.63. The highest BCUT2D eigenvalue weighted by Crippen LogP contribution is 2.13. The number of aliphatic hydroxyl groups is 1. The molecular formula is C11H23NO2. The third-order valence-corrected chi connectivity index (χ3v) is 2.87. The van der Waals surface area contributed by atoms with E-state index in [2.05, 4.69) is 12.2 Å². The van der Waals surface area contributed by atoms with E-state index in [0.29, 0.717) is 24.6 Å². The predicted octanol–water partition coefficient (Wildman–Crippen LogP) is 1.16. The molecule has 84 valence electrons. The van der Waals surface area contributed by atoms with Gasteiger partial charge in [-0.1, -0.05) is 13.8 Å². The van der Waals surface area contributed by atoms with Crippen LogP contribution in [0.1, 0.15) is 33.6 Å². The molecule has 3 heteroatoms. The Hall–Kier alpha value is -0.120. The largest absolute Gasteiger partial charge is 0.392 e. The van der Waals surface area contributed by atoms with Crippen LogP contribution in [0.3, 0.4) is 0 Å². The summed E-state index contributed by atoms with van der Waals surface area (Å²) in [7, 11) is 0. The lowest BCUT2D eigenvalue weighted by molar-refractivity contribution is 0.00972. The van der Waals surface area contributed by atoms with E-state index in [-0.39, 0.29) is 6.10 Å². The summed E-state index contributed by atoms with van der Waals surface area (Å²) in [6.07, 6.45) is 2.26. The first kappa shape index (κ1) is 12.0. The second kappa shape index (κ2) is 5.69. The van der Waals surface area contributed by atoms with Crippen LogP contribution in [0.5, 0.6) is 0 Å². The summed E-state index contributed by atoms with van der Waals surface area (Å²) >= 11 is 0. The van der Waals surface area contributed by atoms with E-state index in [4.69, 9.17) is 4.74 Å². The Balaban J connectivity index is 2.17. The number of hydrogen-bond donors (Lipinski definition) is 2. The van der Waals surface area contributed by atoms with Crippen LogP contribution in [-0.4, -0.2) is 36.5 Å². The van der Waals surface area contributed by atoms with Gasteiger partial charge in [0.2, 0.25) is 0 Å². The second-order valence-corrected chi connectivity index (χ2v) is 4.62. The summed E-state index contributed by atoms with van der Waals surface area (Å²) in [5, 5.41) is 13.0. The first-order valence-electron chi connectivity index (χ1n) is 5.62. The van der Waals surface area contributed by atoms with Crippen LogP contribution in [0.15, 0.2) is 0 Å². The summed E-state index contributed by atoms with van der Waals surface area (Å²) in [6, 6.07) is 0.521. The molecule has 3 atom stereocenters. The zero-order valence-corrected chi connectivity index (χ0v) is 9.49. The van der Waals surface area contributed by atoms with Crippen molar-refractivity contribution in [2.24, 2.45) is 5.92 Å². The highest BCUT2D eigenvalue weighted by molar-refractivity contribution is 4.76. The van der Waals surface area contributed by atoms with E-state index in [1.54, 1.807) is 0 Å². The van der Waals surface area contributed by atoms with Crippen molar-refractivity contribution in [1.29, 1.82) is 0 Å². The van der Waals surface area contributed by atoms with Gasteiger partial charge in [0.15, 0.2) is 0 Å². The van der Waals surface area contributed by atoms with E-state index < -0.39 is 0 Å². The summed E-state index contributed by atoms with van der Waals surface area (Å²) < 4.78 is 5.46. The molecule has 0 bridgehead atoms. The molecule has 0 aromatic rings. The monoisotopic (exact) mass is 201 g/mol. The number of nitrogens with one attached hydrogen (secondary N) is 1. The van der Waals surface area contributed by atoms with Gasteiger partial charge in [-0.3, -0.25) is 0 Å². The Morgan fingerprint density at radius 2 is 2.21 bits per heavy atom. The molecule has 1 aliphatic heterocycles. The molecule has 0 aromatic heterocycles. The van der Waals surface area contributed by atoms with Crippen molar-refractivity contribution in [2.75, 3.05) is 13.2 Å². The Labute approximate surface area is 86.8 Å². The topological polar surface area (TPSA) is 41.5 Å². The van der Waals surface area contributed by atoms with Gasteiger partial charge in [-0.2, -0.15) is 0 Å². The lowest BCUT2D eigenvalue weighted by atomic mass is 10.0. The van der Waals surface area contributed by atoms with Crippen LogP contribution < -0.4 is 5.32 Å². The zero-order valence-electron chi connectivity index (χ0n) is 9.49. The number of rotatable bonds is 4. The molecule has 2 N–H and O–H groups in total. The molecular weight excluding hydrogens is 178 g/mol. The van der Waals surface area contributed by atoms with Crippen LogP contribution in [0.25, 0.3) is 0 Å². The molecule has 1 rings (SSSR count). The van der Waals surface area contributed by atoms with Crippen molar-refractivity contribution in [3.05, 3.63) is 0 Å². The van der Waals surface area contributed by atoms with Crippen molar-refractivity contribution >= 4 is 0 Å². The van der Waals surface area contributed by atoms with E-state index in [9.17, 15) is 5.11 Å². The molecule has 1 heterocycles. The van der Waals surface area contributed by atoms with E-state index >= 15 is 0 Å². The normalized spacial score (nSPS) is 30.6. The first-order valence-corrected chi connectivity index (χ1v) is 5.62. The van der Waals surface area contributed by atoms with Crippen molar-refractivity contribution in [2.45, 2.75) is 51.9 Å². The maximum Gasteiger partial charge on any atom is 0.0687 e. The van der Waals surface area contributed by atoms with E-state index in [1.165, 1.54) is 0 Å². The van der Waals surface area contributed by atoms with Gasteiger partial charge in [0, 0.05) is 19.2 Å². The molecule has 0 saturated carbocycles. The van der Waals surface area contributed by atoms with Gasteiger partial charge >= 0.3 is 0 Å². The Morgan fingerprint density at radius 1 is 1.50 bits per heavy atom. The fourth-order valence-corrected chi connectivity index (χ4v) is 1.71. The predicted molar refractivity (Wildman–Crippen MR) is 57.3 cm³/mol. The third kappa shape index (κ3) is 3.95. The zero-order chi connectivity index (χ0) is 10.6. The Morgan fingerprint density at radius 3 is 2.79 bits per heavy atom. The summed E-state index contributed by atoms with van der Waals surface area (Å²) in [4.78, 5) is 0. The standard InChI is InChI=1S/C11H23NO2/c1-8(2)11(13)7-12-10-4-5-14-9(3)6-10/h8-13H,4-7H2,1-3H3. The minimum Gasteiger partial charge on any atom is -0.392 e. The van der Waals surface area contributed by atoms with Crippen LogP contribution in [-0.2, 0) is 4.74 Å². The van der Waals surface area contributed by atoms with Gasteiger partial charge < -0.3 is 15.2 Å². The van der Waals surface area contributed by atoms with Gasteiger partial charge in [-0.25, -0.2) is 0 Å². The molecule has 0 spiro atoms.